The van der Waals surface area contributed by atoms with Crippen molar-refractivity contribution in [2.75, 3.05) is 13.2 Å². The molecular formula is C40H18F4N4O4S2. The summed E-state index contributed by atoms with van der Waals surface area (Å²) in [6.45, 7) is 3.97. The first-order valence-corrected chi connectivity index (χ1v) is 17.5. The Bertz CT molecular complexity index is 2610. The quantitative estimate of drug-likeness (QED) is 0.0945. The van der Waals surface area contributed by atoms with Gasteiger partial charge in [-0.25, -0.2) is 17.6 Å². The number of fused-ring (bicyclic) bond motifs is 4. The lowest BCUT2D eigenvalue weighted by Crippen LogP contribution is -1.97. The van der Waals surface area contributed by atoms with Crippen molar-refractivity contribution in [2.45, 2.75) is 13.8 Å². The summed E-state index contributed by atoms with van der Waals surface area (Å²) in [7, 11) is 0. The van der Waals surface area contributed by atoms with E-state index in [4.69, 9.17) is 9.47 Å². The van der Waals surface area contributed by atoms with Gasteiger partial charge in [-0.1, -0.05) is 0 Å². The highest BCUT2D eigenvalue weighted by Gasteiger charge is 2.36. The van der Waals surface area contributed by atoms with Gasteiger partial charge in [-0.3, -0.25) is 9.59 Å². The van der Waals surface area contributed by atoms with E-state index in [1.165, 1.54) is 34.8 Å². The maximum atomic E-state index is 14.3. The highest BCUT2D eigenvalue weighted by atomic mass is 32.1. The molecule has 0 saturated heterocycles. The van der Waals surface area contributed by atoms with E-state index in [9.17, 15) is 48.2 Å². The summed E-state index contributed by atoms with van der Waals surface area (Å²) in [6, 6.07) is 13.4. The van der Waals surface area contributed by atoms with Gasteiger partial charge in [0.15, 0.2) is 34.8 Å². The van der Waals surface area contributed by atoms with Gasteiger partial charge in [-0.15, -0.1) is 22.7 Å². The Hall–Kier alpha value is -6.84. The first-order chi connectivity index (χ1) is 26.0. The Balaban J connectivity index is 1.44. The molecule has 8 nitrogen and oxygen atoms in total. The van der Waals surface area contributed by atoms with Gasteiger partial charge < -0.3 is 9.47 Å². The Labute approximate surface area is 311 Å². The van der Waals surface area contributed by atoms with Crippen molar-refractivity contribution in [2.24, 2.45) is 0 Å². The van der Waals surface area contributed by atoms with Gasteiger partial charge in [0.1, 0.15) is 46.9 Å². The molecule has 2 aliphatic rings. The molecule has 0 aliphatic heterocycles. The Kier molecular flexibility index (Phi) is 8.96. The van der Waals surface area contributed by atoms with Gasteiger partial charge in [0.25, 0.3) is 0 Å². The zero-order chi connectivity index (χ0) is 38.6. The van der Waals surface area contributed by atoms with Crippen molar-refractivity contribution in [3.05, 3.63) is 114 Å². The topological polar surface area (TPSA) is 148 Å². The average molecular weight is 759 g/mol. The lowest BCUT2D eigenvalue weighted by atomic mass is 9.99. The molecule has 262 valence electrons. The van der Waals surface area contributed by atoms with E-state index >= 15 is 0 Å². The molecule has 2 aliphatic carbocycles. The highest BCUT2D eigenvalue weighted by Crippen LogP contribution is 2.51. The number of ketones is 2. The normalized spacial score (nSPS) is 14.6. The van der Waals surface area contributed by atoms with E-state index in [2.05, 4.69) is 0 Å². The van der Waals surface area contributed by atoms with Crippen molar-refractivity contribution in [1.29, 1.82) is 21.0 Å². The second-order valence-electron chi connectivity index (χ2n) is 11.7. The van der Waals surface area contributed by atoms with E-state index in [1.54, 1.807) is 50.3 Å². The van der Waals surface area contributed by atoms with Crippen LogP contribution in [-0.2, 0) is 0 Å². The monoisotopic (exact) mass is 758 g/mol. The Morgan fingerprint density at radius 2 is 0.926 bits per heavy atom. The number of nitrogens with zero attached hydrogens (tertiary/aromatic N) is 4. The third-order valence-corrected chi connectivity index (χ3v) is 10.8. The molecule has 0 spiro atoms. The van der Waals surface area contributed by atoms with Crippen LogP contribution in [0.4, 0.5) is 17.6 Å². The molecule has 0 unspecified atom stereocenters. The van der Waals surface area contributed by atoms with Gasteiger partial charge in [-0.05, 0) is 73.5 Å². The molecule has 54 heavy (non-hydrogen) atoms. The van der Waals surface area contributed by atoms with Crippen LogP contribution in [0, 0.1) is 68.6 Å². The van der Waals surface area contributed by atoms with Crippen LogP contribution in [0.25, 0.3) is 43.5 Å². The number of ether oxygens (including phenoxy) is 2. The maximum Gasteiger partial charge on any atom is 0.194 e. The smallest absolute Gasteiger partial charge is 0.194 e. The predicted molar refractivity (Wildman–Crippen MR) is 193 cm³/mol. The first kappa shape index (κ1) is 35.6. The fraction of sp³-hybridized carbons (Fsp3) is 0.100. The van der Waals surface area contributed by atoms with Crippen LogP contribution in [-0.4, -0.2) is 24.8 Å². The van der Waals surface area contributed by atoms with Crippen molar-refractivity contribution >= 4 is 77.7 Å². The van der Waals surface area contributed by atoms with Crippen LogP contribution in [0.15, 0.2) is 58.7 Å². The van der Waals surface area contributed by atoms with Gasteiger partial charge in [0, 0.05) is 53.9 Å². The number of rotatable bonds is 6. The fourth-order valence-electron chi connectivity index (χ4n) is 6.52. The van der Waals surface area contributed by atoms with E-state index in [0.717, 1.165) is 24.3 Å². The number of benzene rings is 3. The number of hydrogen-bond acceptors (Lipinski definition) is 10. The Morgan fingerprint density at radius 1 is 0.593 bits per heavy atom. The van der Waals surface area contributed by atoms with Crippen LogP contribution in [0.5, 0.6) is 11.5 Å². The number of halogens is 4. The zero-order valence-electron chi connectivity index (χ0n) is 27.8. The number of hydrogen-bond donors (Lipinski definition) is 0. The average Bonchev–Trinajstić information content (AvgIpc) is 3.89. The van der Waals surface area contributed by atoms with Gasteiger partial charge in [-0.2, -0.15) is 21.0 Å². The van der Waals surface area contributed by atoms with Crippen LogP contribution in [0.3, 0.4) is 0 Å². The second kappa shape index (κ2) is 13.6. The molecule has 0 fully saturated rings. The van der Waals surface area contributed by atoms with E-state index < -0.39 is 46.0 Å². The van der Waals surface area contributed by atoms with E-state index in [0.29, 0.717) is 41.4 Å². The SMILES string of the molecule is CCOc1c2cc(/C=C3\C(=O)c4cc(F)c(F)cc4C3=C(C#N)C#N)sc2c(OCC)c2cc(/C=C3\C(=O)c4cc(F)c(F)cc4C3=C(C#N)C#N)sc12. The van der Waals surface area contributed by atoms with Crippen LogP contribution in [0.1, 0.15) is 55.4 Å². The molecule has 5 aromatic rings. The molecular weight excluding hydrogens is 741 g/mol. The number of carbonyl (C=O) groups excluding carboxylic acids is 2. The molecule has 0 atom stereocenters. The molecule has 0 radical (unpaired) electrons. The van der Waals surface area contributed by atoms with Gasteiger partial charge >= 0.3 is 0 Å². The van der Waals surface area contributed by atoms with E-state index in [1.807, 2.05) is 0 Å². The molecule has 2 heterocycles. The molecule has 3 aromatic carbocycles. The fourth-order valence-corrected chi connectivity index (χ4v) is 8.74. The van der Waals surface area contributed by atoms with Crippen molar-refractivity contribution in [3.8, 4) is 35.8 Å². The minimum Gasteiger partial charge on any atom is -0.492 e. The number of nitriles is 4. The molecule has 2 aromatic heterocycles. The summed E-state index contributed by atoms with van der Waals surface area (Å²) in [5.74, 6) is -5.60. The van der Waals surface area contributed by atoms with Gasteiger partial charge in [0.05, 0.1) is 22.6 Å². The molecule has 0 bridgehead atoms. The summed E-state index contributed by atoms with van der Waals surface area (Å²) >= 11 is 2.37. The third-order valence-electron chi connectivity index (χ3n) is 8.68. The predicted octanol–water partition coefficient (Wildman–Crippen LogP) is 9.63. The zero-order valence-corrected chi connectivity index (χ0v) is 29.4. The van der Waals surface area contributed by atoms with Crippen molar-refractivity contribution in [1.82, 2.24) is 0 Å². The first-order valence-electron chi connectivity index (χ1n) is 15.9. The molecule has 0 N–H and O–H groups in total. The molecule has 0 amide bonds. The standard InChI is InChI=1S/C40H18F4N4O4S2/c1-3-51-37-27-7-19(5-25-33(17(13-45)14-46)21-9-29(41)31(43)11-23(21)35(25)49)54-40(27)38(52-4-2)28-8-20(53-39(28)37)6-26-34(18(15-47)16-48)22-10-30(42)32(44)12-24(22)36(26)50/h5-12H,3-4H2,1-2H3/b25-5-,26-6-. The highest BCUT2D eigenvalue weighted by molar-refractivity contribution is 7.22. The Morgan fingerprint density at radius 3 is 1.24 bits per heavy atom. The van der Waals surface area contributed by atoms with Crippen LogP contribution < -0.4 is 9.47 Å². The number of Topliss-reactive ketones (excluding diaryl/α,β-unsaturated/α-hetero) is 2. The van der Waals surface area contributed by atoms with Crippen LogP contribution >= 0.6 is 22.7 Å². The number of carbonyl (C=O) groups is 2. The minimum absolute atomic E-state index is 0.0784. The number of allylic oxidation sites excluding steroid dienone is 6. The van der Waals surface area contributed by atoms with Gasteiger partial charge in [0.2, 0.25) is 0 Å². The summed E-state index contributed by atoms with van der Waals surface area (Å²) in [4.78, 5) is 28.1. The second-order valence-corrected chi connectivity index (χ2v) is 13.8. The summed E-state index contributed by atoms with van der Waals surface area (Å²) < 4.78 is 70.5. The summed E-state index contributed by atoms with van der Waals surface area (Å²) in [6.07, 6.45) is 2.88. The third kappa shape index (κ3) is 5.45. The molecule has 14 heteroatoms. The maximum absolute atomic E-state index is 14.3. The van der Waals surface area contributed by atoms with E-state index in [-0.39, 0.29) is 57.8 Å². The van der Waals surface area contributed by atoms with Crippen molar-refractivity contribution in [3.63, 3.8) is 0 Å². The summed E-state index contributed by atoms with van der Waals surface area (Å²) in [5, 5.41) is 39.9. The summed E-state index contributed by atoms with van der Waals surface area (Å²) in [5.41, 5.74) is -1.91. The minimum atomic E-state index is -1.26. The van der Waals surface area contributed by atoms with Crippen LogP contribution in [0.2, 0.25) is 0 Å². The largest absolute Gasteiger partial charge is 0.492 e. The lowest BCUT2D eigenvalue weighted by molar-refractivity contribution is 0.103. The molecule has 0 saturated carbocycles. The number of thiophene rings is 2. The molecule has 7 rings (SSSR count). The lowest BCUT2D eigenvalue weighted by Gasteiger charge is -2.11. The van der Waals surface area contributed by atoms with Crippen molar-refractivity contribution < 1.29 is 36.6 Å².